The van der Waals surface area contributed by atoms with Gasteiger partial charge < -0.3 is 4.42 Å². The topological polar surface area (TPSA) is 72.9 Å². The number of hydrogen-bond donors (Lipinski definition) is 0. The summed E-state index contributed by atoms with van der Waals surface area (Å²) in [6.45, 7) is 6.06. The zero-order chi connectivity index (χ0) is 17.2. The van der Waals surface area contributed by atoms with Gasteiger partial charge in [-0.1, -0.05) is 17.7 Å². The van der Waals surface area contributed by atoms with Crippen molar-refractivity contribution in [1.29, 1.82) is 0 Å². The highest BCUT2D eigenvalue weighted by Crippen LogP contribution is 2.30. The monoisotopic (exact) mass is 338 g/mol. The van der Waals surface area contributed by atoms with Gasteiger partial charge in [-0.3, -0.25) is 9.58 Å². The molecule has 0 saturated carbocycles. The smallest absolute Gasteiger partial charge is 0.247 e. The minimum atomic E-state index is 0.0859. The van der Waals surface area contributed by atoms with Crippen LogP contribution in [-0.2, 0) is 6.54 Å². The molecule has 0 unspecified atom stereocenters. The lowest BCUT2D eigenvalue weighted by Gasteiger charge is -2.28. The van der Waals surface area contributed by atoms with E-state index < -0.39 is 0 Å². The van der Waals surface area contributed by atoms with Gasteiger partial charge in [0.25, 0.3) is 0 Å². The second-order valence-electron chi connectivity index (χ2n) is 6.64. The van der Waals surface area contributed by atoms with Gasteiger partial charge >= 0.3 is 0 Å². The summed E-state index contributed by atoms with van der Waals surface area (Å²) in [5.41, 5.74) is 2.17. The molecule has 3 aromatic rings. The zero-order valence-electron chi connectivity index (χ0n) is 14.5. The Morgan fingerprint density at radius 2 is 2.08 bits per heavy atom. The molecule has 4 rings (SSSR count). The molecule has 1 aliphatic heterocycles. The van der Waals surface area contributed by atoms with Crippen molar-refractivity contribution in [2.75, 3.05) is 6.54 Å². The number of benzene rings is 1. The number of likely N-dealkylation sites (tertiary alicyclic amines) is 1. The van der Waals surface area contributed by atoms with Crippen LogP contribution in [0.15, 0.2) is 41.3 Å². The maximum atomic E-state index is 5.97. The van der Waals surface area contributed by atoms with Crippen LogP contribution in [0.4, 0.5) is 0 Å². The minimum Gasteiger partial charge on any atom is -0.419 e. The van der Waals surface area contributed by atoms with Crippen LogP contribution in [0.3, 0.4) is 0 Å². The minimum absolute atomic E-state index is 0.0859. The predicted octanol–water partition coefficient (Wildman–Crippen LogP) is 2.86. The molecule has 0 radical (unpaired) electrons. The van der Waals surface area contributed by atoms with Crippen molar-refractivity contribution in [2.24, 2.45) is 0 Å². The molecule has 3 heterocycles. The van der Waals surface area contributed by atoms with Gasteiger partial charge in [0, 0.05) is 11.6 Å². The van der Waals surface area contributed by atoms with Crippen LogP contribution in [0, 0.1) is 6.92 Å². The molecule has 7 heteroatoms. The van der Waals surface area contributed by atoms with Gasteiger partial charge in [-0.05, 0) is 45.4 Å². The van der Waals surface area contributed by atoms with Crippen LogP contribution in [0.25, 0.3) is 11.5 Å². The van der Waals surface area contributed by atoms with Crippen molar-refractivity contribution in [1.82, 2.24) is 29.9 Å². The average Bonchev–Trinajstić information content (AvgIpc) is 3.37. The number of rotatable bonds is 5. The third-order valence-electron chi connectivity index (χ3n) is 4.88. The molecule has 1 aromatic carbocycles. The molecule has 0 spiro atoms. The standard InChI is InChI=1S/C18H22N6O/c1-13-5-7-15(8-6-13)18-22-21-17(25-18)14(2)24-9-3-4-16(24)10-23-12-19-11-20-23/h5-8,11-12,14,16H,3-4,9-10H2,1-2H3/t14-,16+/m0/s1. The lowest BCUT2D eigenvalue weighted by atomic mass is 10.1. The second-order valence-corrected chi connectivity index (χ2v) is 6.64. The summed E-state index contributed by atoms with van der Waals surface area (Å²) in [5, 5.41) is 12.8. The van der Waals surface area contributed by atoms with E-state index in [4.69, 9.17) is 4.42 Å². The van der Waals surface area contributed by atoms with Crippen molar-refractivity contribution >= 4 is 0 Å². The van der Waals surface area contributed by atoms with Crippen molar-refractivity contribution in [3.05, 3.63) is 48.4 Å². The third-order valence-corrected chi connectivity index (χ3v) is 4.88. The van der Waals surface area contributed by atoms with Gasteiger partial charge in [-0.2, -0.15) is 5.10 Å². The molecular weight excluding hydrogens is 316 g/mol. The SMILES string of the molecule is Cc1ccc(-c2nnc([C@H](C)N3CCC[C@@H]3Cn3cncn3)o2)cc1. The zero-order valence-corrected chi connectivity index (χ0v) is 14.5. The van der Waals surface area contributed by atoms with E-state index >= 15 is 0 Å². The first-order valence-corrected chi connectivity index (χ1v) is 8.69. The normalized spacial score (nSPS) is 19.4. The molecule has 2 aromatic heterocycles. The summed E-state index contributed by atoms with van der Waals surface area (Å²) in [4.78, 5) is 6.45. The molecule has 1 aliphatic rings. The van der Waals surface area contributed by atoms with E-state index in [0.29, 0.717) is 17.8 Å². The van der Waals surface area contributed by atoms with Gasteiger partial charge in [0.1, 0.15) is 12.7 Å². The summed E-state index contributed by atoms with van der Waals surface area (Å²) < 4.78 is 7.86. The Morgan fingerprint density at radius 3 is 2.84 bits per heavy atom. The first-order chi connectivity index (χ1) is 12.2. The first-order valence-electron chi connectivity index (χ1n) is 8.69. The molecule has 0 bridgehead atoms. The van der Waals surface area contributed by atoms with E-state index in [0.717, 1.165) is 25.1 Å². The van der Waals surface area contributed by atoms with Gasteiger partial charge in [0.2, 0.25) is 11.8 Å². The molecule has 0 aliphatic carbocycles. The van der Waals surface area contributed by atoms with Crippen molar-refractivity contribution in [3.8, 4) is 11.5 Å². The van der Waals surface area contributed by atoms with Gasteiger partial charge in [-0.15, -0.1) is 10.2 Å². The Bertz CT molecular complexity index is 810. The summed E-state index contributed by atoms with van der Waals surface area (Å²) in [6, 6.07) is 8.63. The number of aromatic nitrogens is 5. The van der Waals surface area contributed by atoms with Crippen molar-refractivity contribution < 1.29 is 4.42 Å². The summed E-state index contributed by atoms with van der Waals surface area (Å²) >= 11 is 0. The highest BCUT2D eigenvalue weighted by molar-refractivity contribution is 5.52. The number of aryl methyl sites for hydroxylation is 1. The van der Waals surface area contributed by atoms with Gasteiger partial charge in [-0.25, -0.2) is 4.98 Å². The predicted molar refractivity (Wildman–Crippen MR) is 92.6 cm³/mol. The summed E-state index contributed by atoms with van der Waals surface area (Å²) in [5.74, 6) is 1.25. The average molecular weight is 338 g/mol. The van der Waals surface area contributed by atoms with Crippen LogP contribution in [-0.4, -0.2) is 42.4 Å². The van der Waals surface area contributed by atoms with E-state index in [9.17, 15) is 0 Å². The molecular formula is C18H22N6O. The fourth-order valence-electron chi connectivity index (χ4n) is 3.46. The van der Waals surface area contributed by atoms with Crippen LogP contribution < -0.4 is 0 Å². The van der Waals surface area contributed by atoms with Gasteiger partial charge in [0.05, 0.1) is 12.6 Å². The largest absolute Gasteiger partial charge is 0.419 e. The Labute approximate surface area is 146 Å². The van der Waals surface area contributed by atoms with Crippen LogP contribution in [0.1, 0.15) is 37.3 Å². The van der Waals surface area contributed by atoms with Crippen LogP contribution in [0.5, 0.6) is 0 Å². The third kappa shape index (κ3) is 3.32. The Kier molecular flexibility index (Phi) is 4.31. The maximum absolute atomic E-state index is 5.97. The lowest BCUT2D eigenvalue weighted by Crippen LogP contribution is -2.35. The Hall–Kier alpha value is -2.54. The Balaban J connectivity index is 1.50. The molecule has 0 N–H and O–H groups in total. The number of hydrogen-bond acceptors (Lipinski definition) is 6. The summed E-state index contributed by atoms with van der Waals surface area (Å²) in [7, 11) is 0. The van der Waals surface area contributed by atoms with E-state index in [1.807, 2.05) is 16.8 Å². The van der Waals surface area contributed by atoms with E-state index in [1.165, 1.54) is 12.0 Å². The lowest BCUT2D eigenvalue weighted by molar-refractivity contribution is 0.152. The first kappa shape index (κ1) is 16.0. The Morgan fingerprint density at radius 1 is 1.24 bits per heavy atom. The molecule has 130 valence electrons. The highest BCUT2D eigenvalue weighted by Gasteiger charge is 2.32. The summed E-state index contributed by atoms with van der Waals surface area (Å²) in [6.07, 6.45) is 5.66. The maximum Gasteiger partial charge on any atom is 0.247 e. The van der Waals surface area contributed by atoms with Crippen molar-refractivity contribution in [3.63, 3.8) is 0 Å². The van der Waals surface area contributed by atoms with E-state index in [1.54, 1.807) is 12.7 Å². The van der Waals surface area contributed by atoms with Gasteiger partial charge in [0.15, 0.2) is 0 Å². The fraction of sp³-hybridized carbons (Fsp3) is 0.444. The van der Waals surface area contributed by atoms with Crippen LogP contribution in [0.2, 0.25) is 0 Å². The number of nitrogens with zero attached hydrogens (tertiary/aromatic N) is 6. The molecule has 1 saturated heterocycles. The van der Waals surface area contributed by atoms with E-state index in [-0.39, 0.29) is 6.04 Å². The molecule has 25 heavy (non-hydrogen) atoms. The second kappa shape index (κ2) is 6.76. The molecule has 7 nitrogen and oxygen atoms in total. The van der Waals surface area contributed by atoms with Crippen molar-refractivity contribution in [2.45, 2.75) is 45.3 Å². The van der Waals surface area contributed by atoms with Crippen LogP contribution >= 0.6 is 0 Å². The van der Waals surface area contributed by atoms with E-state index in [2.05, 4.69) is 51.2 Å². The molecule has 1 fully saturated rings. The molecule has 2 atom stereocenters. The molecule has 0 amide bonds. The highest BCUT2D eigenvalue weighted by atomic mass is 16.4. The quantitative estimate of drug-likeness (QED) is 0.712. The fourth-order valence-corrected chi connectivity index (χ4v) is 3.46.